The summed E-state index contributed by atoms with van der Waals surface area (Å²) in [6.45, 7) is 2.39. The van der Waals surface area contributed by atoms with E-state index in [1.54, 1.807) is 0 Å². The topological polar surface area (TPSA) is 29.3 Å². The Morgan fingerprint density at radius 3 is 2.74 bits per heavy atom. The van der Waals surface area contributed by atoms with Gasteiger partial charge in [-0.05, 0) is 50.1 Å². The van der Waals surface area contributed by atoms with Crippen LogP contribution < -0.4 is 5.73 Å². The van der Waals surface area contributed by atoms with Crippen LogP contribution >= 0.6 is 0 Å². The van der Waals surface area contributed by atoms with Crippen molar-refractivity contribution < 1.29 is 0 Å². The minimum atomic E-state index is 0.456. The minimum Gasteiger partial charge on any atom is -0.328 e. The van der Waals surface area contributed by atoms with Gasteiger partial charge in [0.05, 0.1) is 0 Å². The number of nitrogens with two attached hydrogens (primary N) is 1. The molecule has 0 radical (unpaired) electrons. The van der Waals surface area contributed by atoms with Crippen LogP contribution in [0.4, 0.5) is 0 Å². The van der Waals surface area contributed by atoms with E-state index in [-0.39, 0.29) is 0 Å². The Hall–Kier alpha value is -0.860. The number of hydrogen-bond acceptors (Lipinski definition) is 2. The zero-order valence-electron chi connectivity index (χ0n) is 11.8. The molecule has 1 aliphatic heterocycles. The molecule has 2 heteroatoms. The van der Waals surface area contributed by atoms with E-state index in [1.165, 1.54) is 50.6 Å². The van der Waals surface area contributed by atoms with E-state index in [4.69, 9.17) is 5.73 Å². The molecule has 19 heavy (non-hydrogen) atoms. The van der Waals surface area contributed by atoms with Gasteiger partial charge in [-0.1, -0.05) is 36.8 Å². The quantitative estimate of drug-likeness (QED) is 0.883. The predicted molar refractivity (Wildman–Crippen MR) is 79.8 cm³/mol. The second-order valence-corrected chi connectivity index (χ2v) is 6.35. The molecule has 3 atom stereocenters. The van der Waals surface area contributed by atoms with Crippen LogP contribution in [-0.2, 0) is 6.54 Å². The van der Waals surface area contributed by atoms with Crippen LogP contribution in [-0.4, -0.2) is 23.5 Å². The van der Waals surface area contributed by atoms with Crippen LogP contribution in [0, 0.1) is 5.92 Å². The lowest BCUT2D eigenvalue weighted by atomic mass is 9.79. The van der Waals surface area contributed by atoms with E-state index in [2.05, 4.69) is 35.2 Å². The van der Waals surface area contributed by atoms with E-state index in [1.807, 2.05) is 0 Å². The van der Waals surface area contributed by atoms with Gasteiger partial charge in [0.25, 0.3) is 0 Å². The van der Waals surface area contributed by atoms with Gasteiger partial charge in [0.2, 0.25) is 0 Å². The Bertz CT molecular complexity index is 390. The molecule has 0 bridgehead atoms. The summed E-state index contributed by atoms with van der Waals surface area (Å²) in [5.74, 6) is 0.843. The second-order valence-electron chi connectivity index (χ2n) is 6.35. The molecule has 0 aromatic heterocycles. The summed E-state index contributed by atoms with van der Waals surface area (Å²) in [5, 5.41) is 0. The standard InChI is InChI=1S/C17H26N2/c18-16-9-10-17-15(12-16)8-4-5-11-19(17)13-14-6-2-1-3-7-14/h1-3,6-7,15-17H,4-5,8-13,18H2. The maximum Gasteiger partial charge on any atom is 0.0236 e. The molecule has 2 aliphatic rings. The third-order valence-corrected chi connectivity index (χ3v) is 4.95. The van der Waals surface area contributed by atoms with Gasteiger partial charge in [-0.25, -0.2) is 0 Å². The summed E-state index contributed by atoms with van der Waals surface area (Å²) < 4.78 is 0. The van der Waals surface area contributed by atoms with Gasteiger partial charge in [0.1, 0.15) is 0 Å². The Kier molecular flexibility index (Phi) is 4.19. The number of fused-ring (bicyclic) bond motifs is 1. The van der Waals surface area contributed by atoms with Crippen LogP contribution in [0.5, 0.6) is 0 Å². The summed E-state index contributed by atoms with van der Waals surface area (Å²) in [5.41, 5.74) is 7.63. The number of hydrogen-bond donors (Lipinski definition) is 1. The largest absolute Gasteiger partial charge is 0.328 e. The third-order valence-electron chi connectivity index (χ3n) is 4.95. The van der Waals surface area contributed by atoms with Crippen molar-refractivity contribution in [3.63, 3.8) is 0 Å². The van der Waals surface area contributed by atoms with E-state index in [0.29, 0.717) is 6.04 Å². The van der Waals surface area contributed by atoms with Gasteiger partial charge >= 0.3 is 0 Å². The normalized spacial score (nSPS) is 32.6. The van der Waals surface area contributed by atoms with Crippen molar-refractivity contribution in [2.45, 2.75) is 57.2 Å². The fraction of sp³-hybridized carbons (Fsp3) is 0.647. The lowest BCUT2D eigenvalue weighted by molar-refractivity contribution is 0.102. The Morgan fingerprint density at radius 2 is 1.89 bits per heavy atom. The lowest BCUT2D eigenvalue weighted by Crippen LogP contribution is -2.45. The Labute approximate surface area is 117 Å². The molecule has 0 amide bonds. The van der Waals surface area contributed by atoms with Crippen molar-refractivity contribution in [3.05, 3.63) is 35.9 Å². The van der Waals surface area contributed by atoms with Gasteiger partial charge in [-0.15, -0.1) is 0 Å². The van der Waals surface area contributed by atoms with E-state index in [9.17, 15) is 0 Å². The Balaban J connectivity index is 1.72. The highest BCUT2D eigenvalue weighted by atomic mass is 15.2. The van der Waals surface area contributed by atoms with Gasteiger partial charge in [-0.3, -0.25) is 4.90 Å². The van der Waals surface area contributed by atoms with Crippen molar-refractivity contribution >= 4 is 0 Å². The summed E-state index contributed by atoms with van der Waals surface area (Å²) in [7, 11) is 0. The van der Waals surface area contributed by atoms with E-state index < -0.39 is 0 Å². The summed E-state index contributed by atoms with van der Waals surface area (Å²) >= 11 is 0. The highest BCUT2D eigenvalue weighted by Gasteiger charge is 2.34. The molecule has 1 heterocycles. The third kappa shape index (κ3) is 3.18. The van der Waals surface area contributed by atoms with Crippen molar-refractivity contribution in [1.29, 1.82) is 0 Å². The summed E-state index contributed by atoms with van der Waals surface area (Å²) in [6, 6.07) is 12.2. The first-order valence-electron chi connectivity index (χ1n) is 7.86. The molecule has 104 valence electrons. The van der Waals surface area contributed by atoms with Crippen LogP contribution in [0.3, 0.4) is 0 Å². The molecular formula is C17H26N2. The maximum atomic E-state index is 6.17. The number of rotatable bonds is 2. The second kappa shape index (κ2) is 6.06. The lowest BCUT2D eigenvalue weighted by Gasteiger charge is -2.40. The molecular weight excluding hydrogens is 232 g/mol. The van der Waals surface area contributed by atoms with Crippen LogP contribution in [0.1, 0.15) is 44.1 Å². The number of likely N-dealkylation sites (tertiary alicyclic amines) is 1. The van der Waals surface area contributed by atoms with Crippen molar-refractivity contribution in [2.75, 3.05) is 6.54 Å². The summed E-state index contributed by atoms with van der Waals surface area (Å²) in [4.78, 5) is 2.74. The van der Waals surface area contributed by atoms with Crippen molar-refractivity contribution in [2.24, 2.45) is 11.7 Å². The monoisotopic (exact) mass is 258 g/mol. The molecule has 1 aromatic carbocycles. The summed E-state index contributed by atoms with van der Waals surface area (Å²) in [6.07, 6.45) is 7.90. The van der Waals surface area contributed by atoms with Crippen molar-refractivity contribution in [1.82, 2.24) is 4.90 Å². The highest BCUT2D eigenvalue weighted by Crippen LogP contribution is 2.34. The number of benzene rings is 1. The number of nitrogens with zero attached hydrogens (tertiary/aromatic N) is 1. The Morgan fingerprint density at radius 1 is 1.05 bits per heavy atom. The predicted octanol–water partition coefficient (Wildman–Crippen LogP) is 3.17. The van der Waals surface area contributed by atoms with Gasteiger partial charge in [0, 0.05) is 18.6 Å². The van der Waals surface area contributed by atoms with E-state index in [0.717, 1.165) is 18.5 Å². The molecule has 2 nitrogen and oxygen atoms in total. The van der Waals surface area contributed by atoms with Gasteiger partial charge < -0.3 is 5.73 Å². The molecule has 1 saturated carbocycles. The maximum absolute atomic E-state index is 6.17. The first-order valence-corrected chi connectivity index (χ1v) is 7.86. The van der Waals surface area contributed by atoms with Crippen LogP contribution in [0.25, 0.3) is 0 Å². The fourth-order valence-electron chi connectivity index (χ4n) is 3.98. The van der Waals surface area contributed by atoms with Crippen LogP contribution in [0.15, 0.2) is 30.3 Å². The SMILES string of the molecule is NC1CCC2C(CCCCN2Cc2ccccc2)C1. The molecule has 2 fully saturated rings. The average Bonchev–Trinajstić information content (AvgIpc) is 2.62. The highest BCUT2D eigenvalue weighted by molar-refractivity contribution is 5.14. The molecule has 3 rings (SSSR count). The molecule has 1 saturated heterocycles. The molecule has 0 spiro atoms. The molecule has 1 aliphatic carbocycles. The zero-order chi connectivity index (χ0) is 13.1. The van der Waals surface area contributed by atoms with Crippen molar-refractivity contribution in [3.8, 4) is 0 Å². The zero-order valence-corrected chi connectivity index (χ0v) is 11.8. The van der Waals surface area contributed by atoms with E-state index >= 15 is 0 Å². The van der Waals surface area contributed by atoms with Gasteiger partial charge in [0.15, 0.2) is 0 Å². The fourth-order valence-corrected chi connectivity index (χ4v) is 3.98. The minimum absolute atomic E-state index is 0.456. The first-order chi connectivity index (χ1) is 9.33. The molecule has 2 N–H and O–H groups in total. The molecule has 1 aromatic rings. The molecule has 3 unspecified atom stereocenters. The smallest absolute Gasteiger partial charge is 0.0236 e. The van der Waals surface area contributed by atoms with Gasteiger partial charge in [-0.2, -0.15) is 0 Å². The average molecular weight is 258 g/mol. The van der Waals surface area contributed by atoms with Crippen LogP contribution in [0.2, 0.25) is 0 Å². The first kappa shape index (κ1) is 13.1.